The first kappa shape index (κ1) is 16.0. The zero-order valence-corrected chi connectivity index (χ0v) is 13.2. The Bertz CT molecular complexity index is 452. The molecule has 0 aromatic heterocycles. The van der Waals surface area contributed by atoms with E-state index in [1.807, 2.05) is 18.2 Å². The SMILES string of the molecule is COC(=O)Cc1ccccc1CN[C@H](C)C1CCCCC1. The van der Waals surface area contributed by atoms with Crippen molar-refractivity contribution in [1.29, 1.82) is 0 Å². The van der Waals surface area contributed by atoms with Gasteiger partial charge >= 0.3 is 5.97 Å². The Morgan fingerprint density at radius 1 is 1.24 bits per heavy atom. The van der Waals surface area contributed by atoms with Crippen molar-refractivity contribution in [3.63, 3.8) is 0 Å². The fraction of sp³-hybridized carbons (Fsp3) is 0.611. The summed E-state index contributed by atoms with van der Waals surface area (Å²) < 4.78 is 4.77. The first-order chi connectivity index (χ1) is 10.2. The summed E-state index contributed by atoms with van der Waals surface area (Å²) in [5, 5.41) is 3.65. The van der Waals surface area contributed by atoms with E-state index in [-0.39, 0.29) is 5.97 Å². The van der Waals surface area contributed by atoms with Crippen molar-refractivity contribution in [2.45, 2.75) is 58.0 Å². The monoisotopic (exact) mass is 289 g/mol. The van der Waals surface area contributed by atoms with Gasteiger partial charge in [0.05, 0.1) is 13.5 Å². The van der Waals surface area contributed by atoms with E-state index in [2.05, 4.69) is 18.3 Å². The second kappa shape index (κ2) is 8.18. The van der Waals surface area contributed by atoms with E-state index >= 15 is 0 Å². The van der Waals surface area contributed by atoms with Gasteiger partial charge in [-0.15, -0.1) is 0 Å². The van der Waals surface area contributed by atoms with Gasteiger partial charge in [0, 0.05) is 12.6 Å². The highest BCUT2D eigenvalue weighted by atomic mass is 16.5. The second-order valence-electron chi connectivity index (χ2n) is 6.09. The van der Waals surface area contributed by atoms with E-state index < -0.39 is 0 Å². The van der Waals surface area contributed by atoms with E-state index in [1.165, 1.54) is 44.8 Å². The molecule has 1 aliphatic rings. The summed E-state index contributed by atoms with van der Waals surface area (Å²) in [7, 11) is 1.44. The van der Waals surface area contributed by atoms with Crippen LogP contribution in [0.15, 0.2) is 24.3 Å². The smallest absolute Gasteiger partial charge is 0.309 e. The van der Waals surface area contributed by atoms with Gasteiger partial charge in [-0.25, -0.2) is 0 Å². The summed E-state index contributed by atoms with van der Waals surface area (Å²) in [6, 6.07) is 8.66. The maximum atomic E-state index is 11.5. The molecule has 21 heavy (non-hydrogen) atoms. The number of nitrogens with one attached hydrogen (secondary N) is 1. The summed E-state index contributed by atoms with van der Waals surface area (Å²) in [6.45, 7) is 3.11. The van der Waals surface area contributed by atoms with Crippen LogP contribution in [0.5, 0.6) is 0 Å². The molecule has 0 amide bonds. The van der Waals surface area contributed by atoms with Crippen molar-refractivity contribution in [2.75, 3.05) is 7.11 Å². The molecule has 0 unspecified atom stereocenters. The van der Waals surface area contributed by atoms with Crippen LogP contribution >= 0.6 is 0 Å². The fourth-order valence-electron chi connectivity index (χ4n) is 3.20. The molecular formula is C18H27NO2. The average molecular weight is 289 g/mol. The van der Waals surface area contributed by atoms with Crippen LogP contribution in [0.1, 0.15) is 50.2 Å². The van der Waals surface area contributed by atoms with Crippen molar-refractivity contribution in [2.24, 2.45) is 5.92 Å². The molecule has 1 N–H and O–H groups in total. The Morgan fingerprint density at radius 3 is 2.57 bits per heavy atom. The zero-order chi connectivity index (χ0) is 15.1. The van der Waals surface area contributed by atoms with Crippen molar-refractivity contribution in [3.8, 4) is 0 Å². The van der Waals surface area contributed by atoms with Crippen LogP contribution in [0.4, 0.5) is 0 Å². The lowest BCUT2D eigenvalue weighted by Crippen LogP contribution is -2.34. The first-order valence-electron chi connectivity index (χ1n) is 8.07. The van der Waals surface area contributed by atoms with Gasteiger partial charge in [0.15, 0.2) is 0 Å². The quantitative estimate of drug-likeness (QED) is 0.815. The molecule has 0 radical (unpaired) electrons. The molecule has 0 bridgehead atoms. The normalized spacial score (nSPS) is 17.4. The van der Waals surface area contributed by atoms with Gasteiger partial charge < -0.3 is 10.1 Å². The Hall–Kier alpha value is -1.35. The highest BCUT2D eigenvalue weighted by molar-refractivity contribution is 5.72. The third kappa shape index (κ3) is 4.85. The summed E-state index contributed by atoms with van der Waals surface area (Å²) >= 11 is 0. The lowest BCUT2D eigenvalue weighted by molar-refractivity contribution is -0.139. The molecule has 1 aromatic rings. The van der Waals surface area contributed by atoms with E-state index in [1.54, 1.807) is 0 Å². The van der Waals surface area contributed by atoms with E-state index in [4.69, 9.17) is 4.74 Å². The van der Waals surface area contributed by atoms with Crippen LogP contribution < -0.4 is 5.32 Å². The largest absolute Gasteiger partial charge is 0.469 e. The Balaban J connectivity index is 1.91. The maximum absolute atomic E-state index is 11.5. The molecule has 0 spiro atoms. The van der Waals surface area contributed by atoms with Gasteiger partial charge in [0.2, 0.25) is 0 Å². The zero-order valence-electron chi connectivity index (χ0n) is 13.2. The molecule has 3 heteroatoms. The van der Waals surface area contributed by atoms with Crippen LogP contribution in [0.25, 0.3) is 0 Å². The Labute approximate surface area is 128 Å². The van der Waals surface area contributed by atoms with Crippen molar-refractivity contribution in [3.05, 3.63) is 35.4 Å². The molecule has 1 aliphatic carbocycles. The van der Waals surface area contributed by atoms with Crippen molar-refractivity contribution < 1.29 is 9.53 Å². The van der Waals surface area contributed by atoms with Crippen LogP contribution in [0.2, 0.25) is 0 Å². The Morgan fingerprint density at radius 2 is 1.90 bits per heavy atom. The minimum absolute atomic E-state index is 0.178. The van der Waals surface area contributed by atoms with Gasteiger partial charge in [0.25, 0.3) is 0 Å². The minimum Gasteiger partial charge on any atom is -0.469 e. The lowest BCUT2D eigenvalue weighted by atomic mass is 9.84. The van der Waals surface area contributed by atoms with Gasteiger partial charge in [-0.3, -0.25) is 4.79 Å². The molecule has 1 atom stereocenters. The number of benzene rings is 1. The number of carbonyl (C=O) groups excluding carboxylic acids is 1. The molecule has 0 aliphatic heterocycles. The number of rotatable bonds is 6. The summed E-state index contributed by atoms with van der Waals surface area (Å²) in [5.74, 6) is 0.620. The van der Waals surface area contributed by atoms with Gasteiger partial charge in [-0.1, -0.05) is 43.5 Å². The molecular weight excluding hydrogens is 262 g/mol. The van der Waals surface area contributed by atoms with E-state index in [0.29, 0.717) is 12.5 Å². The fourth-order valence-corrected chi connectivity index (χ4v) is 3.20. The van der Waals surface area contributed by atoms with Gasteiger partial charge in [-0.2, -0.15) is 0 Å². The van der Waals surface area contributed by atoms with Crippen molar-refractivity contribution in [1.82, 2.24) is 5.32 Å². The molecule has 1 aromatic carbocycles. The molecule has 116 valence electrons. The third-order valence-electron chi connectivity index (χ3n) is 4.65. The molecule has 0 heterocycles. The summed E-state index contributed by atoms with van der Waals surface area (Å²) in [4.78, 5) is 11.5. The standard InChI is InChI=1S/C18H27NO2/c1-14(15-8-4-3-5-9-15)19-13-17-11-7-6-10-16(17)12-18(20)21-2/h6-7,10-11,14-15,19H,3-5,8-9,12-13H2,1-2H3/t14-/m1/s1. The minimum atomic E-state index is -0.178. The van der Waals surface area contributed by atoms with Gasteiger partial charge in [0.1, 0.15) is 0 Å². The number of carbonyl (C=O) groups is 1. The van der Waals surface area contributed by atoms with Gasteiger partial charge in [-0.05, 0) is 36.8 Å². The summed E-state index contributed by atoms with van der Waals surface area (Å²) in [6.07, 6.45) is 7.18. The van der Waals surface area contributed by atoms with E-state index in [9.17, 15) is 4.79 Å². The number of ether oxygens (including phenoxy) is 1. The Kier molecular flexibility index (Phi) is 6.24. The highest BCUT2D eigenvalue weighted by Gasteiger charge is 2.19. The predicted octanol–water partition coefficient (Wildman–Crippen LogP) is 3.46. The predicted molar refractivity (Wildman–Crippen MR) is 85.0 cm³/mol. The number of esters is 1. The number of hydrogen-bond donors (Lipinski definition) is 1. The maximum Gasteiger partial charge on any atom is 0.309 e. The second-order valence-corrected chi connectivity index (χ2v) is 6.09. The molecule has 0 saturated heterocycles. The molecule has 3 nitrogen and oxygen atoms in total. The third-order valence-corrected chi connectivity index (χ3v) is 4.65. The lowest BCUT2D eigenvalue weighted by Gasteiger charge is -2.28. The van der Waals surface area contributed by atoms with E-state index in [0.717, 1.165) is 18.0 Å². The molecule has 1 fully saturated rings. The van der Waals surface area contributed by atoms with Crippen LogP contribution in [0, 0.1) is 5.92 Å². The topological polar surface area (TPSA) is 38.3 Å². The van der Waals surface area contributed by atoms with Crippen LogP contribution in [-0.2, 0) is 22.5 Å². The number of hydrogen-bond acceptors (Lipinski definition) is 3. The van der Waals surface area contributed by atoms with Crippen LogP contribution in [0.3, 0.4) is 0 Å². The average Bonchev–Trinajstić information content (AvgIpc) is 2.54. The van der Waals surface area contributed by atoms with Crippen LogP contribution in [-0.4, -0.2) is 19.1 Å². The highest BCUT2D eigenvalue weighted by Crippen LogP contribution is 2.26. The summed E-state index contributed by atoms with van der Waals surface area (Å²) in [5.41, 5.74) is 2.26. The molecule has 1 saturated carbocycles. The number of methoxy groups -OCH3 is 1. The first-order valence-corrected chi connectivity index (χ1v) is 8.07. The molecule has 2 rings (SSSR count). The van der Waals surface area contributed by atoms with Crippen molar-refractivity contribution >= 4 is 5.97 Å².